The van der Waals surface area contributed by atoms with Gasteiger partial charge in [-0.1, -0.05) is 61.9 Å². The maximum atomic E-state index is 13.2. The third-order valence-corrected chi connectivity index (χ3v) is 5.56. The van der Waals surface area contributed by atoms with E-state index in [2.05, 4.69) is 5.32 Å². The fourth-order valence-electron chi connectivity index (χ4n) is 3.96. The molecule has 2 aromatic carbocycles. The summed E-state index contributed by atoms with van der Waals surface area (Å²) in [7, 11) is 0. The first kappa shape index (κ1) is 24.2. The van der Waals surface area contributed by atoms with Crippen molar-refractivity contribution in [2.24, 2.45) is 0 Å². The molecule has 3 rings (SSSR count). The Labute approximate surface area is 190 Å². The fourth-order valence-corrected chi connectivity index (χ4v) is 3.96. The summed E-state index contributed by atoms with van der Waals surface area (Å²) in [4.78, 5) is 34.9. The number of ether oxygens (including phenoxy) is 1. The van der Waals surface area contributed by atoms with Crippen LogP contribution in [0.4, 0.5) is 13.6 Å². The highest BCUT2D eigenvalue weighted by Gasteiger charge is 2.39. The normalized spacial score (nSPS) is 13.5. The largest absolute Gasteiger partial charge is 0.477 e. The first-order valence-corrected chi connectivity index (χ1v) is 10.7. The Hall–Kier alpha value is -3.49. The number of halogens is 2. The van der Waals surface area contributed by atoms with Gasteiger partial charge in [-0.3, -0.25) is 4.79 Å². The van der Waals surface area contributed by atoms with Crippen molar-refractivity contribution < 1.29 is 33.0 Å². The number of benzene rings is 2. The molecule has 0 bridgehead atoms. The zero-order valence-electron chi connectivity index (χ0n) is 18.1. The van der Waals surface area contributed by atoms with Crippen molar-refractivity contribution in [1.82, 2.24) is 10.6 Å². The number of hydrogen-bond donors (Lipinski definition) is 3. The number of rotatable bonds is 10. The molecule has 1 atom stereocenters. The van der Waals surface area contributed by atoms with E-state index in [1.54, 1.807) is 0 Å². The molecule has 2 aromatic rings. The summed E-state index contributed by atoms with van der Waals surface area (Å²) in [6.45, 7) is 0.642. The number of carboxylic acid groups (broad SMARTS) is 1. The second-order valence-corrected chi connectivity index (χ2v) is 7.95. The number of amides is 2. The molecule has 0 spiro atoms. The monoisotopic (exact) mass is 460 g/mol. The average Bonchev–Trinajstić information content (AvgIpc) is 3.10. The predicted molar refractivity (Wildman–Crippen MR) is 117 cm³/mol. The van der Waals surface area contributed by atoms with Crippen LogP contribution in [-0.2, 0) is 14.3 Å². The Balaban J connectivity index is 1.56. The summed E-state index contributed by atoms with van der Waals surface area (Å²) in [6, 6.07) is 15.2. The topological polar surface area (TPSA) is 105 Å². The van der Waals surface area contributed by atoms with Crippen LogP contribution >= 0.6 is 0 Å². The van der Waals surface area contributed by atoms with E-state index in [0.717, 1.165) is 22.3 Å². The van der Waals surface area contributed by atoms with Gasteiger partial charge in [-0.25, -0.2) is 9.59 Å². The highest BCUT2D eigenvalue weighted by Crippen LogP contribution is 2.44. The van der Waals surface area contributed by atoms with E-state index in [1.165, 1.54) is 0 Å². The average molecular weight is 460 g/mol. The zero-order valence-corrected chi connectivity index (χ0v) is 18.1. The molecule has 0 saturated heterocycles. The number of fused-ring (bicyclic) bond motifs is 3. The van der Waals surface area contributed by atoms with Crippen molar-refractivity contribution >= 4 is 18.0 Å². The van der Waals surface area contributed by atoms with Crippen LogP contribution < -0.4 is 10.6 Å². The van der Waals surface area contributed by atoms with Gasteiger partial charge in [0.1, 0.15) is 6.61 Å². The van der Waals surface area contributed by atoms with Crippen LogP contribution in [0.3, 0.4) is 0 Å². The lowest BCUT2D eigenvalue weighted by Gasteiger charge is -2.20. The summed E-state index contributed by atoms with van der Waals surface area (Å²) in [5.74, 6) is -7.27. The van der Waals surface area contributed by atoms with Crippen LogP contribution in [-0.4, -0.2) is 48.2 Å². The third-order valence-electron chi connectivity index (χ3n) is 5.56. The molecule has 3 N–H and O–H groups in total. The Bertz CT molecular complexity index is 982. The number of hydrogen-bond acceptors (Lipinski definition) is 4. The second kappa shape index (κ2) is 10.4. The lowest BCUT2D eigenvalue weighted by Crippen LogP contribution is -2.45. The molecule has 7 nitrogen and oxygen atoms in total. The summed E-state index contributed by atoms with van der Waals surface area (Å²) < 4.78 is 31.8. The summed E-state index contributed by atoms with van der Waals surface area (Å²) in [5, 5.41) is 13.0. The van der Waals surface area contributed by atoms with E-state index >= 15 is 0 Å². The molecule has 0 heterocycles. The molecular formula is C24H26F2N2O5. The zero-order chi connectivity index (χ0) is 24.0. The Morgan fingerprint density at radius 1 is 1.06 bits per heavy atom. The molecular weight excluding hydrogens is 434 g/mol. The molecule has 1 unspecified atom stereocenters. The fraction of sp³-hybridized carbons (Fsp3) is 0.375. The molecule has 1 aliphatic rings. The number of carbonyl (C=O) groups excluding carboxylic acids is 2. The third kappa shape index (κ3) is 5.85. The van der Waals surface area contributed by atoms with Gasteiger partial charge in [-0.05, 0) is 28.7 Å². The van der Waals surface area contributed by atoms with Gasteiger partial charge in [0.15, 0.2) is 0 Å². The minimum absolute atomic E-state index is 0.107. The van der Waals surface area contributed by atoms with Gasteiger partial charge >= 0.3 is 18.0 Å². The van der Waals surface area contributed by atoms with Crippen LogP contribution in [0.1, 0.15) is 43.2 Å². The maximum Gasteiger partial charge on any atom is 0.407 e. The molecule has 176 valence electrons. The lowest BCUT2D eigenvalue weighted by molar-refractivity contribution is -0.164. The van der Waals surface area contributed by atoms with Crippen LogP contribution in [0, 0.1) is 0 Å². The van der Waals surface area contributed by atoms with Gasteiger partial charge < -0.3 is 20.5 Å². The molecule has 9 heteroatoms. The van der Waals surface area contributed by atoms with Gasteiger partial charge in [-0.2, -0.15) is 8.78 Å². The van der Waals surface area contributed by atoms with Crippen molar-refractivity contribution in [2.75, 3.05) is 13.2 Å². The van der Waals surface area contributed by atoms with E-state index in [-0.39, 0.29) is 18.9 Å². The lowest BCUT2D eigenvalue weighted by atomic mass is 9.98. The molecule has 1 aliphatic carbocycles. The van der Waals surface area contributed by atoms with E-state index in [4.69, 9.17) is 9.84 Å². The van der Waals surface area contributed by atoms with Crippen LogP contribution in [0.15, 0.2) is 48.5 Å². The van der Waals surface area contributed by atoms with E-state index in [9.17, 15) is 23.2 Å². The number of aliphatic carboxylic acids is 1. The van der Waals surface area contributed by atoms with Gasteiger partial charge in [0.05, 0.1) is 6.54 Å². The first-order chi connectivity index (χ1) is 15.7. The van der Waals surface area contributed by atoms with Gasteiger partial charge in [0.25, 0.3) is 0 Å². The van der Waals surface area contributed by atoms with Crippen molar-refractivity contribution in [3.05, 3.63) is 59.7 Å². The SMILES string of the molecule is CCCC(CC(=O)NCC(F)(F)C(=O)O)NC(=O)OCC1c2ccccc2-c2ccccc21. The van der Waals surface area contributed by atoms with Gasteiger partial charge in [-0.15, -0.1) is 0 Å². The predicted octanol–water partition coefficient (Wildman–Crippen LogP) is 3.92. The quantitative estimate of drug-likeness (QED) is 0.499. The molecule has 0 radical (unpaired) electrons. The molecule has 2 amide bonds. The Morgan fingerprint density at radius 3 is 2.18 bits per heavy atom. The van der Waals surface area contributed by atoms with E-state index in [1.807, 2.05) is 60.8 Å². The van der Waals surface area contributed by atoms with Gasteiger partial charge in [0, 0.05) is 18.4 Å². The van der Waals surface area contributed by atoms with Crippen LogP contribution in [0.2, 0.25) is 0 Å². The van der Waals surface area contributed by atoms with E-state index < -0.39 is 36.5 Å². The van der Waals surface area contributed by atoms with Crippen LogP contribution in [0.25, 0.3) is 11.1 Å². The molecule has 0 aromatic heterocycles. The Kier molecular flexibility index (Phi) is 7.63. The molecule has 0 aliphatic heterocycles. The number of alkyl carbamates (subject to hydrolysis) is 1. The standard InChI is InChI=1S/C24H26F2N2O5/c1-2-7-15(12-21(29)27-14-24(25,26)22(30)31)28-23(32)33-13-20-18-10-5-3-8-16(18)17-9-4-6-11-19(17)20/h3-6,8-11,15,20H,2,7,12-14H2,1H3,(H,27,29)(H,28,32)(H,30,31). The number of nitrogens with one attached hydrogen (secondary N) is 2. The number of alkyl halides is 2. The molecule has 33 heavy (non-hydrogen) atoms. The smallest absolute Gasteiger partial charge is 0.407 e. The second-order valence-electron chi connectivity index (χ2n) is 7.95. The summed E-state index contributed by atoms with van der Waals surface area (Å²) >= 11 is 0. The van der Waals surface area contributed by atoms with Crippen LogP contribution in [0.5, 0.6) is 0 Å². The minimum atomic E-state index is -4.06. The first-order valence-electron chi connectivity index (χ1n) is 10.7. The van der Waals surface area contributed by atoms with Crippen molar-refractivity contribution in [1.29, 1.82) is 0 Å². The molecule has 0 fully saturated rings. The van der Waals surface area contributed by atoms with Gasteiger partial charge in [0.2, 0.25) is 5.91 Å². The number of carboxylic acids is 1. The van der Waals surface area contributed by atoms with Crippen molar-refractivity contribution in [3.63, 3.8) is 0 Å². The molecule has 0 saturated carbocycles. The highest BCUT2D eigenvalue weighted by atomic mass is 19.3. The maximum absolute atomic E-state index is 13.2. The number of carbonyl (C=O) groups is 3. The summed E-state index contributed by atoms with van der Waals surface area (Å²) in [6.07, 6.45) is 0.0760. The van der Waals surface area contributed by atoms with Crippen molar-refractivity contribution in [3.8, 4) is 11.1 Å². The summed E-state index contributed by atoms with van der Waals surface area (Å²) in [5.41, 5.74) is 4.33. The highest BCUT2D eigenvalue weighted by molar-refractivity contribution is 5.81. The minimum Gasteiger partial charge on any atom is -0.477 e. The Morgan fingerprint density at radius 2 is 1.64 bits per heavy atom. The van der Waals surface area contributed by atoms with E-state index in [0.29, 0.717) is 12.8 Å². The van der Waals surface area contributed by atoms with Crippen molar-refractivity contribution in [2.45, 2.75) is 44.1 Å².